The summed E-state index contributed by atoms with van der Waals surface area (Å²) in [5.74, 6) is -0.00560. The predicted octanol–water partition coefficient (Wildman–Crippen LogP) is 5.69. The summed E-state index contributed by atoms with van der Waals surface area (Å²) in [6.07, 6.45) is 3.48. The molecule has 1 fully saturated rings. The van der Waals surface area contributed by atoms with Crippen molar-refractivity contribution in [2.45, 2.75) is 79.2 Å². The van der Waals surface area contributed by atoms with Crippen LogP contribution in [0, 0.1) is 20.8 Å². The molecule has 0 N–H and O–H groups in total. The zero-order valence-corrected chi connectivity index (χ0v) is 27.9. The molecule has 6 rings (SSSR count). The number of hydrogen-bond donors (Lipinski definition) is 0. The van der Waals surface area contributed by atoms with Crippen molar-refractivity contribution in [1.82, 2.24) is 39.1 Å². The van der Waals surface area contributed by atoms with Crippen LogP contribution in [0.4, 0.5) is 4.79 Å². The van der Waals surface area contributed by atoms with Gasteiger partial charge in [-0.1, -0.05) is 33.3 Å². The van der Waals surface area contributed by atoms with Crippen molar-refractivity contribution >= 4 is 27.9 Å². The molecule has 2 aliphatic heterocycles. The number of ether oxygens (including phenoxy) is 1. The Bertz CT molecular complexity index is 1740. The summed E-state index contributed by atoms with van der Waals surface area (Å²) in [6.45, 7) is 16.5. The van der Waals surface area contributed by atoms with E-state index in [0.29, 0.717) is 38.3 Å². The Morgan fingerprint density at radius 3 is 2.52 bits per heavy atom. The number of benzene rings is 1. The topological polar surface area (TPSA) is 103 Å². The number of rotatable bonds is 5. The first-order valence-electron chi connectivity index (χ1n) is 15.0. The molecule has 0 bridgehead atoms. The zero-order chi connectivity index (χ0) is 31.5. The highest BCUT2D eigenvalue weighted by atomic mass is 79.9. The molecule has 232 valence electrons. The summed E-state index contributed by atoms with van der Waals surface area (Å²) in [5.41, 5.74) is 6.97. The van der Waals surface area contributed by atoms with E-state index in [1.807, 2.05) is 67.3 Å². The fourth-order valence-corrected chi connectivity index (χ4v) is 6.37. The average Bonchev–Trinajstić information content (AvgIpc) is 3.65. The van der Waals surface area contributed by atoms with Crippen LogP contribution in [-0.2, 0) is 17.8 Å². The number of carbonyl (C=O) groups is 2. The number of aromatic nitrogens is 6. The third-order valence-corrected chi connectivity index (χ3v) is 9.49. The first-order valence-corrected chi connectivity index (χ1v) is 15.8. The minimum absolute atomic E-state index is 0.00560. The van der Waals surface area contributed by atoms with Crippen molar-refractivity contribution in [1.29, 1.82) is 0 Å². The molecule has 1 aromatic carbocycles. The molecular formula is C32H39BrN8O3. The quantitative estimate of drug-likeness (QED) is 0.272. The van der Waals surface area contributed by atoms with Gasteiger partial charge < -0.3 is 19.1 Å². The summed E-state index contributed by atoms with van der Waals surface area (Å²) in [5, 5.41) is 13.5. The van der Waals surface area contributed by atoms with Crippen molar-refractivity contribution < 1.29 is 14.3 Å². The van der Waals surface area contributed by atoms with Crippen LogP contribution in [-0.4, -0.2) is 76.4 Å². The first kappa shape index (κ1) is 30.1. The molecule has 0 saturated carbocycles. The molecule has 5 heterocycles. The molecule has 2 amide bonds. The third-order valence-electron chi connectivity index (χ3n) is 8.60. The Hall–Kier alpha value is -3.93. The Morgan fingerprint density at radius 1 is 1.07 bits per heavy atom. The highest BCUT2D eigenvalue weighted by Crippen LogP contribution is 2.32. The lowest BCUT2D eigenvalue weighted by atomic mass is 10.1. The van der Waals surface area contributed by atoms with Gasteiger partial charge in [0.05, 0.1) is 48.8 Å². The lowest BCUT2D eigenvalue weighted by Crippen LogP contribution is -2.52. The monoisotopic (exact) mass is 662 g/mol. The smallest absolute Gasteiger partial charge is 0.410 e. The number of carbonyl (C=O) groups excluding carboxylic acids is 2. The number of fused-ring (bicyclic) bond motifs is 1. The van der Waals surface area contributed by atoms with Crippen molar-refractivity contribution in [2.24, 2.45) is 0 Å². The normalized spacial score (nSPS) is 16.1. The summed E-state index contributed by atoms with van der Waals surface area (Å²) in [7, 11) is 0. The number of halogens is 1. The SMILES string of the molecule is Cc1cc([C@H](C)n2cc(-c3cnn4c3CN(C(=O)c3cc(C)n(C5CN(C(=O)OC(C)(C)C)C5)c3C)CC4)nn2)ccc1Br. The minimum atomic E-state index is -0.529. The fraction of sp³-hybridized carbons (Fsp3) is 0.469. The van der Waals surface area contributed by atoms with Gasteiger partial charge in [-0.05, 0) is 71.7 Å². The Morgan fingerprint density at radius 2 is 1.82 bits per heavy atom. The van der Waals surface area contributed by atoms with E-state index in [-0.39, 0.29) is 24.1 Å². The molecular weight excluding hydrogens is 624 g/mol. The second-order valence-corrected chi connectivity index (χ2v) is 13.8. The maximum atomic E-state index is 13.9. The van der Waals surface area contributed by atoms with Gasteiger partial charge in [-0.3, -0.25) is 9.48 Å². The largest absolute Gasteiger partial charge is 0.444 e. The van der Waals surface area contributed by atoms with Gasteiger partial charge in [0.2, 0.25) is 0 Å². The standard InChI is InChI=1S/C32H39BrN8O3/c1-19-12-23(8-9-27(19)33)21(3)40-17-28(35-36-40)26-14-34-39-11-10-37(18-29(26)39)30(42)25-13-20(2)41(22(25)4)24-15-38(16-24)31(43)44-32(5,6)7/h8-9,12-14,17,21,24H,10-11,15-16,18H2,1-7H3/t21-/m0/s1. The third kappa shape index (κ3) is 5.55. The number of nitrogens with zero attached hydrogens (tertiary/aromatic N) is 8. The van der Waals surface area contributed by atoms with Crippen LogP contribution in [0.1, 0.15) is 78.3 Å². The van der Waals surface area contributed by atoms with Crippen LogP contribution in [0.2, 0.25) is 0 Å². The van der Waals surface area contributed by atoms with Gasteiger partial charge >= 0.3 is 6.09 Å². The number of hydrogen-bond acceptors (Lipinski definition) is 6. The maximum Gasteiger partial charge on any atom is 0.410 e. The van der Waals surface area contributed by atoms with Crippen molar-refractivity contribution in [3.05, 3.63) is 74.9 Å². The van der Waals surface area contributed by atoms with E-state index in [1.165, 1.54) is 5.56 Å². The van der Waals surface area contributed by atoms with Gasteiger partial charge in [0.25, 0.3) is 5.91 Å². The van der Waals surface area contributed by atoms with Gasteiger partial charge in [0.1, 0.15) is 11.3 Å². The van der Waals surface area contributed by atoms with Gasteiger partial charge in [0, 0.05) is 41.1 Å². The van der Waals surface area contributed by atoms with Gasteiger partial charge in [0.15, 0.2) is 0 Å². The van der Waals surface area contributed by atoms with Crippen molar-refractivity contribution in [3.63, 3.8) is 0 Å². The lowest BCUT2D eigenvalue weighted by Gasteiger charge is -2.41. The van der Waals surface area contributed by atoms with Crippen molar-refractivity contribution in [2.75, 3.05) is 19.6 Å². The Labute approximate surface area is 265 Å². The molecule has 44 heavy (non-hydrogen) atoms. The molecule has 2 aliphatic rings. The second-order valence-electron chi connectivity index (χ2n) is 12.9. The molecule has 0 aliphatic carbocycles. The van der Waals surface area contributed by atoms with Crippen LogP contribution in [0.15, 0.2) is 41.1 Å². The Balaban J connectivity index is 1.17. The summed E-state index contributed by atoms with van der Waals surface area (Å²) < 4.78 is 12.6. The highest BCUT2D eigenvalue weighted by Gasteiger charge is 2.37. The summed E-state index contributed by atoms with van der Waals surface area (Å²) >= 11 is 3.57. The molecule has 3 aromatic heterocycles. The molecule has 0 radical (unpaired) electrons. The zero-order valence-electron chi connectivity index (χ0n) is 26.3. The second kappa shape index (κ2) is 11.2. The van der Waals surface area contributed by atoms with Crippen LogP contribution in [0.5, 0.6) is 0 Å². The lowest BCUT2D eigenvalue weighted by molar-refractivity contribution is 0.000612. The van der Waals surface area contributed by atoms with E-state index in [2.05, 4.69) is 68.0 Å². The molecule has 1 saturated heterocycles. The first-order chi connectivity index (χ1) is 20.8. The van der Waals surface area contributed by atoms with Crippen LogP contribution >= 0.6 is 15.9 Å². The highest BCUT2D eigenvalue weighted by molar-refractivity contribution is 9.10. The molecule has 1 atom stereocenters. The van der Waals surface area contributed by atoms with Gasteiger partial charge in [-0.25, -0.2) is 9.48 Å². The molecule has 11 nitrogen and oxygen atoms in total. The van der Waals surface area contributed by atoms with Crippen molar-refractivity contribution in [3.8, 4) is 11.3 Å². The summed E-state index contributed by atoms with van der Waals surface area (Å²) in [4.78, 5) is 29.9. The molecule has 0 spiro atoms. The van der Waals surface area contributed by atoms with Crippen LogP contribution in [0.3, 0.4) is 0 Å². The molecule has 0 unspecified atom stereocenters. The Kier molecular flexibility index (Phi) is 7.67. The van der Waals surface area contributed by atoms with Gasteiger partial charge in [-0.15, -0.1) is 5.10 Å². The van der Waals surface area contributed by atoms with E-state index in [9.17, 15) is 9.59 Å². The number of amides is 2. The number of likely N-dealkylation sites (tertiary alicyclic amines) is 1. The minimum Gasteiger partial charge on any atom is -0.444 e. The van der Waals surface area contributed by atoms with E-state index in [0.717, 1.165) is 38.4 Å². The molecule has 4 aromatic rings. The fourth-order valence-electron chi connectivity index (χ4n) is 6.12. The van der Waals surface area contributed by atoms with E-state index in [1.54, 1.807) is 4.90 Å². The molecule has 12 heteroatoms. The van der Waals surface area contributed by atoms with Crippen LogP contribution < -0.4 is 0 Å². The maximum absolute atomic E-state index is 13.9. The van der Waals surface area contributed by atoms with E-state index in [4.69, 9.17) is 4.74 Å². The van der Waals surface area contributed by atoms with Crippen LogP contribution in [0.25, 0.3) is 11.3 Å². The van der Waals surface area contributed by atoms with E-state index < -0.39 is 5.60 Å². The average molecular weight is 664 g/mol. The van der Waals surface area contributed by atoms with Gasteiger partial charge in [-0.2, -0.15) is 5.10 Å². The van der Waals surface area contributed by atoms with E-state index >= 15 is 0 Å². The number of aryl methyl sites for hydroxylation is 2. The summed E-state index contributed by atoms with van der Waals surface area (Å²) in [6, 6.07) is 8.39. The predicted molar refractivity (Wildman–Crippen MR) is 169 cm³/mol.